The molecule has 0 radical (unpaired) electrons. The average Bonchev–Trinajstić information content (AvgIpc) is 1.61. The van der Waals surface area contributed by atoms with Gasteiger partial charge in [-0.1, -0.05) is 85.8 Å². The smallest absolute Gasteiger partial charge is 0.407 e. The normalized spacial score (nSPS) is 21.1. The van der Waals surface area contributed by atoms with Gasteiger partial charge in [0.1, 0.15) is 62.5 Å². The van der Waals surface area contributed by atoms with E-state index in [1.807, 2.05) is 54.6 Å². The molecule has 29 nitrogen and oxygen atoms in total. The highest BCUT2D eigenvalue weighted by molar-refractivity contribution is 5.97. The number of benzene rings is 4. The number of esters is 1. The lowest BCUT2D eigenvalue weighted by Gasteiger charge is -2.40. The number of amides is 7. The van der Waals surface area contributed by atoms with E-state index in [0.29, 0.717) is 53.2 Å². The summed E-state index contributed by atoms with van der Waals surface area (Å²) in [5.74, 6) is -4.43. The SMILES string of the molecule is CC[C@@]1(O)C(=O)OCc2c1cc1n(c2=O)Cc2c-1nc1cc3c(c4c1c2[C@@H](CCCOCNC(=O)CNC(=O)[C@H](Cc1ccccc1)NC(=O)CNC(=O)CNC(=O)[C@H](CCC(=O)NC[C@@H]1O[C@H](CO)[C@@H](O)[C@H](O)[C@H]1O)NC(=O)OCC1c2ccccc2-c2ccccc21)CC4)OCO3. The number of aliphatic hydroxyl groups excluding tert-OH is 4. The van der Waals surface area contributed by atoms with Crippen LogP contribution in [0, 0.1) is 0 Å². The van der Waals surface area contributed by atoms with Crippen LogP contribution in [0.4, 0.5) is 4.79 Å². The van der Waals surface area contributed by atoms with Crippen LogP contribution in [0.5, 0.6) is 11.5 Å². The Balaban J connectivity index is 0.614. The van der Waals surface area contributed by atoms with E-state index in [2.05, 4.69) is 37.2 Å². The van der Waals surface area contributed by atoms with E-state index in [4.69, 9.17) is 33.4 Å². The predicted octanol–water partition coefficient (Wildman–Crippen LogP) is 0.431. The minimum absolute atomic E-state index is 0.00194. The van der Waals surface area contributed by atoms with Gasteiger partial charge in [0.25, 0.3) is 5.56 Å². The van der Waals surface area contributed by atoms with Crippen molar-refractivity contribution in [3.05, 3.63) is 146 Å². The Hall–Kier alpha value is -9.88. The third kappa shape index (κ3) is 14.5. The van der Waals surface area contributed by atoms with Gasteiger partial charge < -0.3 is 95.7 Å². The number of aromatic nitrogens is 2. The number of aryl methyl sites for hydroxylation is 1. The van der Waals surface area contributed by atoms with Crippen molar-refractivity contribution in [2.24, 2.45) is 0 Å². The molecular weight excluding hydrogens is 1290 g/mol. The zero-order chi connectivity index (χ0) is 69.6. The third-order valence-corrected chi connectivity index (χ3v) is 19.1. The zero-order valence-electron chi connectivity index (χ0n) is 54.0. The van der Waals surface area contributed by atoms with Gasteiger partial charge in [0.05, 0.1) is 55.3 Å². The molecule has 6 heterocycles. The van der Waals surface area contributed by atoms with Crippen molar-refractivity contribution in [1.82, 2.24) is 46.8 Å². The Kier molecular flexibility index (Phi) is 21.0. The molecule has 12 N–H and O–H groups in total. The Morgan fingerprint density at radius 3 is 2.15 bits per heavy atom. The largest absolute Gasteiger partial charge is 0.458 e. The van der Waals surface area contributed by atoms with Gasteiger partial charge in [0.2, 0.25) is 42.2 Å². The average molecular weight is 1360 g/mol. The standard InChI is InChI=1S/C70H77N9O20/c1-2-70(93)46-24-50-60-43(30-79(50)67(90)45(46)33-95-68(70)91)58-37(18-19-42-59(58)48(77-60)25-51-64(42)98-35-97-51)13-10-22-94-34-75-56(83)28-74-66(89)49(23-36-11-4-3-5-12-36)76-57(84)29-72-55(82)27-73-65(88)47(20-21-54(81)71-26-52-61(85)63(87)62(86)53(31-80)99-52)78-69(92)96-32-44-40-16-8-6-14-38(40)39-15-7-9-17-41(39)44/h3-9,11-12,14-17,24-25,37,44,47,49,52-53,61-63,80,85-87,93H,2,10,13,18-23,26-35H2,1H3,(H,71,81)(H,72,82)(H,73,88)(H,74,89)(H,75,83)(H,76,84)(H,78,92)/t37-,47-,49-,52-,53+,61-,62+,63+,70-/m0/s1. The molecule has 0 bridgehead atoms. The van der Waals surface area contributed by atoms with Crippen molar-refractivity contribution in [1.29, 1.82) is 0 Å². The van der Waals surface area contributed by atoms with Crippen molar-refractivity contribution in [3.63, 3.8) is 0 Å². The van der Waals surface area contributed by atoms with Gasteiger partial charge in [0, 0.05) is 60.1 Å². The van der Waals surface area contributed by atoms with E-state index < -0.39 is 128 Å². The van der Waals surface area contributed by atoms with E-state index >= 15 is 0 Å². The van der Waals surface area contributed by atoms with Crippen LogP contribution >= 0.6 is 0 Å². The molecule has 4 aliphatic heterocycles. The minimum atomic E-state index is -1.99. The van der Waals surface area contributed by atoms with E-state index in [1.165, 1.54) is 0 Å². The van der Waals surface area contributed by atoms with Crippen molar-refractivity contribution in [2.75, 3.05) is 59.5 Å². The number of carbonyl (C=O) groups is 8. The van der Waals surface area contributed by atoms with E-state index in [-0.39, 0.29) is 94.2 Å². The quantitative estimate of drug-likeness (QED) is 0.0189. The molecule has 0 spiro atoms. The summed E-state index contributed by atoms with van der Waals surface area (Å²) in [7, 11) is 0. The first-order valence-electron chi connectivity index (χ1n) is 33.0. The summed E-state index contributed by atoms with van der Waals surface area (Å²) in [6.45, 7) is -1.25. The van der Waals surface area contributed by atoms with Crippen LogP contribution < -0.4 is 52.3 Å². The number of pyridine rings is 2. The van der Waals surface area contributed by atoms with E-state index in [1.54, 1.807) is 47.9 Å². The van der Waals surface area contributed by atoms with Crippen LogP contribution in [0.2, 0.25) is 0 Å². The van der Waals surface area contributed by atoms with Gasteiger partial charge in [-0.2, -0.15) is 0 Å². The van der Waals surface area contributed by atoms with Gasteiger partial charge in [-0.25, -0.2) is 14.6 Å². The summed E-state index contributed by atoms with van der Waals surface area (Å²) in [4.78, 5) is 126. The van der Waals surface area contributed by atoms with Crippen molar-refractivity contribution >= 4 is 58.4 Å². The van der Waals surface area contributed by atoms with Crippen LogP contribution in [0.1, 0.15) is 102 Å². The monoisotopic (exact) mass is 1360 g/mol. The molecule has 2 aromatic heterocycles. The molecule has 2 aliphatic carbocycles. The van der Waals surface area contributed by atoms with Crippen LogP contribution in [0.3, 0.4) is 0 Å². The molecule has 6 aromatic rings. The Morgan fingerprint density at radius 2 is 1.42 bits per heavy atom. The molecule has 7 amide bonds. The summed E-state index contributed by atoms with van der Waals surface area (Å²) in [5, 5.41) is 70.4. The van der Waals surface area contributed by atoms with E-state index in [0.717, 1.165) is 50.8 Å². The summed E-state index contributed by atoms with van der Waals surface area (Å²) in [6, 6.07) is 24.9. The fourth-order valence-corrected chi connectivity index (χ4v) is 14.0. The van der Waals surface area contributed by atoms with Crippen LogP contribution in [-0.2, 0) is 84.1 Å². The fourth-order valence-electron chi connectivity index (χ4n) is 14.0. The number of aliphatic hydroxyl groups is 5. The summed E-state index contributed by atoms with van der Waals surface area (Å²) in [5.41, 5.74) is 7.17. The number of carbonyl (C=O) groups excluding carboxylic acids is 8. The second-order valence-corrected chi connectivity index (χ2v) is 25.2. The zero-order valence-corrected chi connectivity index (χ0v) is 54.0. The number of ether oxygens (including phenoxy) is 6. The number of nitrogens with zero attached hydrogens (tertiary/aromatic N) is 2. The van der Waals surface area contributed by atoms with Gasteiger partial charge in [-0.05, 0) is 83.9 Å². The number of hydrogen-bond donors (Lipinski definition) is 12. The lowest BCUT2D eigenvalue weighted by molar-refractivity contribution is -0.227. The van der Waals surface area contributed by atoms with Crippen LogP contribution in [0.25, 0.3) is 33.4 Å². The molecule has 522 valence electrons. The van der Waals surface area contributed by atoms with Crippen LogP contribution in [-0.4, -0.2) is 185 Å². The number of nitrogens with one attached hydrogen (secondary N) is 7. The highest BCUT2D eigenvalue weighted by Gasteiger charge is 2.47. The molecule has 29 heteroatoms. The predicted molar refractivity (Wildman–Crippen MR) is 349 cm³/mol. The van der Waals surface area contributed by atoms with Crippen molar-refractivity contribution < 1.29 is 92.3 Å². The fraction of sp³-hybridized carbons (Fsp3) is 0.429. The van der Waals surface area contributed by atoms with E-state index in [9.17, 15) is 68.7 Å². The first-order valence-corrected chi connectivity index (χ1v) is 33.0. The number of cyclic esters (lactones) is 1. The molecule has 6 aliphatic rings. The minimum Gasteiger partial charge on any atom is -0.458 e. The molecule has 12 rings (SSSR count). The summed E-state index contributed by atoms with van der Waals surface area (Å²) >= 11 is 0. The maximum absolute atomic E-state index is 14.1. The van der Waals surface area contributed by atoms with Gasteiger partial charge in [-0.15, -0.1) is 0 Å². The Bertz CT molecular complexity index is 4140. The summed E-state index contributed by atoms with van der Waals surface area (Å²) < 4.78 is 35.7. The first-order chi connectivity index (χ1) is 47.8. The maximum Gasteiger partial charge on any atom is 0.407 e. The first kappa shape index (κ1) is 69.0. The molecular formula is C70H77N9O20. The molecule has 0 saturated carbocycles. The topological polar surface area (TPSA) is 412 Å². The molecule has 1 saturated heterocycles. The maximum atomic E-state index is 14.1. The number of hydrogen-bond acceptors (Lipinski definition) is 21. The Labute approximate surface area is 566 Å². The van der Waals surface area contributed by atoms with Gasteiger partial charge >= 0.3 is 12.1 Å². The van der Waals surface area contributed by atoms with Gasteiger partial charge in [0.15, 0.2) is 17.1 Å². The second kappa shape index (κ2) is 30.1. The molecule has 9 atom stereocenters. The van der Waals surface area contributed by atoms with Gasteiger partial charge in [-0.3, -0.25) is 33.6 Å². The van der Waals surface area contributed by atoms with Crippen LogP contribution in [0.15, 0.2) is 95.8 Å². The highest BCUT2D eigenvalue weighted by Crippen LogP contribution is 2.52. The molecule has 1 fully saturated rings. The lowest BCUT2D eigenvalue weighted by atomic mass is 9.77. The van der Waals surface area contributed by atoms with Crippen molar-refractivity contribution in [2.45, 2.75) is 131 Å². The van der Waals surface area contributed by atoms with Crippen molar-refractivity contribution in [3.8, 4) is 34.0 Å². The second-order valence-electron chi connectivity index (χ2n) is 25.2. The number of alkyl carbamates (subject to hydrolysis) is 1. The third-order valence-electron chi connectivity index (χ3n) is 19.1. The lowest BCUT2D eigenvalue weighted by Crippen LogP contribution is -2.60. The molecule has 4 aromatic carbocycles. The number of rotatable bonds is 27. The summed E-state index contributed by atoms with van der Waals surface area (Å²) in [6.07, 6.45) is -6.45. The Morgan fingerprint density at radius 1 is 0.737 bits per heavy atom. The molecule has 99 heavy (non-hydrogen) atoms. The number of fused-ring (bicyclic) bond motifs is 10. The highest BCUT2D eigenvalue weighted by atomic mass is 16.7. The molecule has 0 unspecified atom stereocenters.